The minimum atomic E-state index is 0.0306. The summed E-state index contributed by atoms with van der Waals surface area (Å²) in [5.41, 5.74) is 1.97. The highest BCUT2D eigenvalue weighted by Gasteiger charge is 2.20. The molecule has 4 heteroatoms. The Hall–Kier alpha value is -1.29. The quantitative estimate of drug-likeness (QED) is 0.785. The highest BCUT2D eigenvalue weighted by atomic mass is 79.9. The van der Waals surface area contributed by atoms with E-state index in [1.54, 1.807) is 13.2 Å². The maximum atomic E-state index is 12.4. The van der Waals surface area contributed by atoms with Crippen molar-refractivity contribution in [3.63, 3.8) is 0 Å². The molecule has 0 aliphatic carbocycles. The summed E-state index contributed by atoms with van der Waals surface area (Å²) in [6, 6.07) is 5.48. The van der Waals surface area contributed by atoms with Crippen molar-refractivity contribution in [1.29, 1.82) is 0 Å². The van der Waals surface area contributed by atoms with Gasteiger partial charge in [-0.2, -0.15) is 0 Å². The lowest BCUT2D eigenvalue weighted by molar-refractivity contribution is 0.0765. The molecule has 3 nitrogen and oxygen atoms in total. The summed E-state index contributed by atoms with van der Waals surface area (Å²) < 4.78 is 6.17. The Kier molecular flexibility index (Phi) is 4.07. The van der Waals surface area contributed by atoms with Crippen LogP contribution in [-0.4, -0.2) is 31.0 Å². The molecule has 1 heterocycles. The third-order valence-corrected chi connectivity index (χ3v) is 3.61. The van der Waals surface area contributed by atoms with Gasteiger partial charge in [0.25, 0.3) is 5.91 Å². The largest absolute Gasteiger partial charge is 0.496 e. The standard InChI is InChI=1S/C14H16BrNO2/c1-10-5-7-16(8-6-10)14(17)12-4-3-11(15)9-13(12)18-2/h3-5,9H,6-8H2,1-2H3. The first kappa shape index (κ1) is 13.1. The van der Waals surface area contributed by atoms with Gasteiger partial charge in [-0.05, 0) is 31.5 Å². The zero-order valence-electron chi connectivity index (χ0n) is 10.6. The molecule has 0 saturated carbocycles. The zero-order valence-corrected chi connectivity index (χ0v) is 12.2. The number of amides is 1. The Balaban J connectivity index is 2.24. The monoisotopic (exact) mass is 309 g/mol. The second-order valence-corrected chi connectivity index (χ2v) is 5.31. The van der Waals surface area contributed by atoms with Gasteiger partial charge in [0.05, 0.1) is 12.7 Å². The van der Waals surface area contributed by atoms with Crippen LogP contribution in [0.3, 0.4) is 0 Å². The van der Waals surface area contributed by atoms with Crippen molar-refractivity contribution in [3.8, 4) is 5.75 Å². The predicted octanol–water partition coefficient (Wildman–Crippen LogP) is 3.25. The molecule has 0 saturated heterocycles. The Labute approximate surface area is 116 Å². The van der Waals surface area contributed by atoms with Gasteiger partial charge >= 0.3 is 0 Å². The van der Waals surface area contributed by atoms with Crippen LogP contribution in [0.15, 0.2) is 34.3 Å². The van der Waals surface area contributed by atoms with E-state index >= 15 is 0 Å². The van der Waals surface area contributed by atoms with Gasteiger partial charge in [0.2, 0.25) is 0 Å². The van der Waals surface area contributed by atoms with Crippen LogP contribution in [0.4, 0.5) is 0 Å². The molecule has 0 radical (unpaired) electrons. The second kappa shape index (κ2) is 5.57. The summed E-state index contributed by atoms with van der Waals surface area (Å²) in [7, 11) is 1.58. The molecule has 0 atom stereocenters. The molecular formula is C14H16BrNO2. The van der Waals surface area contributed by atoms with Gasteiger partial charge in [-0.1, -0.05) is 27.6 Å². The Morgan fingerprint density at radius 3 is 2.83 bits per heavy atom. The van der Waals surface area contributed by atoms with Gasteiger partial charge in [0, 0.05) is 17.6 Å². The highest BCUT2D eigenvalue weighted by Crippen LogP contribution is 2.25. The fraction of sp³-hybridized carbons (Fsp3) is 0.357. The smallest absolute Gasteiger partial charge is 0.257 e. The van der Waals surface area contributed by atoms with Gasteiger partial charge in [0.1, 0.15) is 5.75 Å². The maximum absolute atomic E-state index is 12.4. The fourth-order valence-corrected chi connectivity index (χ4v) is 2.31. The molecule has 1 aliphatic rings. The van der Waals surface area contributed by atoms with E-state index in [2.05, 4.69) is 28.9 Å². The van der Waals surface area contributed by atoms with Crippen molar-refractivity contribution in [2.45, 2.75) is 13.3 Å². The first-order chi connectivity index (χ1) is 8.61. The summed E-state index contributed by atoms with van der Waals surface area (Å²) in [5, 5.41) is 0. The van der Waals surface area contributed by atoms with E-state index < -0.39 is 0 Å². The molecule has 0 N–H and O–H groups in total. The number of carbonyl (C=O) groups excluding carboxylic acids is 1. The molecule has 1 aliphatic heterocycles. The second-order valence-electron chi connectivity index (χ2n) is 4.40. The van der Waals surface area contributed by atoms with Crippen molar-refractivity contribution in [2.75, 3.05) is 20.2 Å². The summed E-state index contributed by atoms with van der Waals surface area (Å²) in [6.45, 7) is 3.56. The molecule has 0 bridgehead atoms. The van der Waals surface area contributed by atoms with E-state index in [0.717, 1.165) is 17.4 Å². The van der Waals surface area contributed by atoms with Crippen LogP contribution in [0.1, 0.15) is 23.7 Å². The molecule has 2 rings (SSSR count). The van der Waals surface area contributed by atoms with E-state index in [-0.39, 0.29) is 5.91 Å². The van der Waals surface area contributed by atoms with Crippen LogP contribution in [0.5, 0.6) is 5.75 Å². The number of nitrogens with zero attached hydrogens (tertiary/aromatic N) is 1. The summed E-state index contributed by atoms with van der Waals surface area (Å²) >= 11 is 3.38. The highest BCUT2D eigenvalue weighted by molar-refractivity contribution is 9.10. The lowest BCUT2D eigenvalue weighted by Gasteiger charge is -2.26. The molecular weight excluding hydrogens is 294 g/mol. The van der Waals surface area contributed by atoms with Gasteiger partial charge < -0.3 is 9.64 Å². The molecule has 0 fully saturated rings. The molecule has 0 unspecified atom stereocenters. The number of rotatable bonds is 2. The average molecular weight is 310 g/mol. The molecule has 1 aromatic carbocycles. The normalized spacial score (nSPS) is 15.3. The SMILES string of the molecule is COc1cc(Br)ccc1C(=O)N1CC=C(C)CC1. The van der Waals surface area contributed by atoms with E-state index in [4.69, 9.17) is 4.74 Å². The summed E-state index contributed by atoms with van der Waals surface area (Å²) in [6.07, 6.45) is 3.05. The molecule has 0 aromatic heterocycles. The van der Waals surface area contributed by atoms with E-state index in [1.807, 2.05) is 17.0 Å². The Morgan fingerprint density at radius 1 is 1.44 bits per heavy atom. The van der Waals surface area contributed by atoms with Gasteiger partial charge in [0.15, 0.2) is 0 Å². The number of halogens is 1. The fourth-order valence-electron chi connectivity index (χ4n) is 1.97. The first-order valence-electron chi connectivity index (χ1n) is 5.90. The van der Waals surface area contributed by atoms with Crippen LogP contribution in [-0.2, 0) is 0 Å². The number of carbonyl (C=O) groups is 1. The molecule has 0 spiro atoms. The third kappa shape index (κ3) is 2.75. The predicted molar refractivity (Wildman–Crippen MR) is 75.0 cm³/mol. The van der Waals surface area contributed by atoms with Crippen molar-refractivity contribution < 1.29 is 9.53 Å². The molecule has 1 amide bonds. The zero-order chi connectivity index (χ0) is 13.1. The van der Waals surface area contributed by atoms with E-state index in [9.17, 15) is 4.79 Å². The van der Waals surface area contributed by atoms with Gasteiger partial charge in [-0.25, -0.2) is 0 Å². The Morgan fingerprint density at radius 2 is 2.22 bits per heavy atom. The van der Waals surface area contributed by atoms with Crippen LogP contribution in [0, 0.1) is 0 Å². The van der Waals surface area contributed by atoms with Crippen LogP contribution >= 0.6 is 15.9 Å². The number of hydrogen-bond acceptors (Lipinski definition) is 2. The maximum Gasteiger partial charge on any atom is 0.257 e. The summed E-state index contributed by atoms with van der Waals surface area (Å²) in [5.74, 6) is 0.642. The lowest BCUT2D eigenvalue weighted by atomic mass is 10.1. The minimum absolute atomic E-state index is 0.0306. The van der Waals surface area contributed by atoms with Crippen molar-refractivity contribution in [3.05, 3.63) is 39.9 Å². The summed E-state index contributed by atoms with van der Waals surface area (Å²) in [4.78, 5) is 14.2. The van der Waals surface area contributed by atoms with Crippen molar-refractivity contribution in [2.24, 2.45) is 0 Å². The number of hydrogen-bond donors (Lipinski definition) is 0. The van der Waals surface area contributed by atoms with Crippen LogP contribution in [0.25, 0.3) is 0 Å². The molecule has 1 aromatic rings. The molecule has 96 valence electrons. The van der Waals surface area contributed by atoms with Gasteiger partial charge in [-0.15, -0.1) is 0 Å². The van der Waals surface area contributed by atoms with E-state index in [0.29, 0.717) is 17.9 Å². The third-order valence-electron chi connectivity index (χ3n) is 3.12. The number of ether oxygens (including phenoxy) is 1. The first-order valence-corrected chi connectivity index (χ1v) is 6.69. The minimum Gasteiger partial charge on any atom is -0.496 e. The van der Waals surface area contributed by atoms with Crippen LogP contribution < -0.4 is 4.74 Å². The van der Waals surface area contributed by atoms with Crippen molar-refractivity contribution in [1.82, 2.24) is 4.90 Å². The topological polar surface area (TPSA) is 29.5 Å². The molecule has 18 heavy (non-hydrogen) atoms. The number of benzene rings is 1. The average Bonchev–Trinajstić information content (AvgIpc) is 2.38. The van der Waals surface area contributed by atoms with E-state index in [1.165, 1.54) is 5.57 Å². The Bertz CT molecular complexity index is 497. The van der Waals surface area contributed by atoms with Crippen LogP contribution in [0.2, 0.25) is 0 Å². The number of methoxy groups -OCH3 is 1. The lowest BCUT2D eigenvalue weighted by Crippen LogP contribution is -2.34. The van der Waals surface area contributed by atoms with Crippen molar-refractivity contribution >= 4 is 21.8 Å². The van der Waals surface area contributed by atoms with Gasteiger partial charge in [-0.3, -0.25) is 4.79 Å².